The van der Waals surface area contributed by atoms with Gasteiger partial charge in [-0.05, 0) is 43.5 Å². The van der Waals surface area contributed by atoms with E-state index < -0.39 is 16.9 Å². The van der Waals surface area contributed by atoms with Crippen molar-refractivity contribution < 1.29 is 13.6 Å². The van der Waals surface area contributed by atoms with Gasteiger partial charge in [0.15, 0.2) is 21.9 Å². The topological polar surface area (TPSA) is 76.9 Å². The van der Waals surface area contributed by atoms with Crippen molar-refractivity contribution in [3.8, 4) is 11.3 Å². The number of carbonyl (C=O) groups excluding carboxylic acids is 1. The van der Waals surface area contributed by atoms with E-state index in [1.54, 1.807) is 22.9 Å². The van der Waals surface area contributed by atoms with Crippen LogP contribution in [0.25, 0.3) is 21.5 Å². The number of benzene rings is 1. The molecule has 0 aliphatic heterocycles. The van der Waals surface area contributed by atoms with Gasteiger partial charge in [-0.15, -0.1) is 22.7 Å². The standard InChI is InChI=1S/C20H16F2N4O2S3/c1-3-26-18(28)16-14(6-7-29-16)24-20(26)31-10(2)17(27)25-19-23-15(9-30-19)11-4-5-12(21)13(22)8-11/h4-10H,3H2,1-2H3,(H,23,25,27). The number of thiophene rings is 1. The second-order valence-electron chi connectivity index (χ2n) is 6.49. The third kappa shape index (κ3) is 4.39. The number of hydrogen-bond acceptors (Lipinski definition) is 7. The molecule has 160 valence electrons. The van der Waals surface area contributed by atoms with Crippen molar-refractivity contribution in [1.82, 2.24) is 14.5 Å². The van der Waals surface area contributed by atoms with E-state index >= 15 is 0 Å². The highest BCUT2D eigenvalue weighted by Gasteiger charge is 2.20. The number of halogens is 2. The van der Waals surface area contributed by atoms with Crippen LogP contribution in [0, 0.1) is 11.6 Å². The second-order valence-corrected chi connectivity index (χ2v) is 9.58. The average molecular weight is 479 g/mol. The maximum absolute atomic E-state index is 13.5. The van der Waals surface area contributed by atoms with Gasteiger partial charge >= 0.3 is 0 Å². The molecule has 4 rings (SSSR count). The van der Waals surface area contributed by atoms with E-state index in [1.165, 1.54) is 40.5 Å². The predicted molar refractivity (Wildman–Crippen MR) is 121 cm³/mol. The molecule has 0 fully saturated rings. The van der Waals surface area contributed by atoms with Crippen LogP contribution in [0.4, 0.5) is 13.9 Å². The molecule has 0 saturated carbocycles. The molecule has 1 atom stereocenters. The van der Waals surface area contributed by atoms with Gasteiger partial charge in [-0.1, -0.05) is 11.8 Å². The van der Waals surface area contributed by atoms with E-state index in [9.17, 15) is 18.4 Å². The molecule has 0 aliphatic carbocycles. The molecule has 3 heterocycles. The fourth-order valence-corrected chi connectivity index (χ4v) is 5.30. The number of thioether (sulfide) groups is 1. The molecule has 0 saturated heterocycles. The summed E-state index contributed by atoms with van der Waals surface area (Å²) in [6, 6.07) is 5.30. The molecule has 3 aromatic heterocycles. The lowest BCUT2D eigenvalue weighted by atomic mass is 10.2. The molecular weight excluding hydrogens is 462 g/mol. The van der Waals surface area contributed by atoms with Crippen LogP contribution in [-0.4, -0.2) is 25.7 Å². The van der Waals surface area contributed by atoms with Crippen molar-refractivity contribution in [2.24, 2.45) is 0 Å². The summed E-state index contributed by atoms with van der Waals surface area (Å²) in [5, 5.41) is 6.47. The normalized spacial score (nSPS) is 12.3. The SMILES string of the molecule is CCn1c(SC(C)C(=O)Nc2nc(-c3ccc(F)c(F)c3)cs2)nc2ccsc2c1=O. The lowest BCUT2D eigenvalue weighted by Gasteiger charge is -2.13. The number of nitrogens with zero attached hydrogens (tertiary/aromatic N) is 3. The summed E-state index contributed by atoms with van der Waals surface area (Å²) >= 11 is 3.72. The first-order chi connectivity index (χ1) is 14.9. The molecule has 0 aliphatic rings. The van der Waals surface area contributed by atoms with Crippen LogP contribution in [0.2, 0.25) is 0 Å². The highest BCUT2D eigenvalue weighted by atomic mass is 32.2. The third-order valence-electron chi connectivity index (χ3n) is 4.45. The molecule has 6 nitrogen and oxygen atoms in total. The van der Waals surface area contributed by atoms with Crippen molar-refractivity contribution in [3.05, 3.63) is 57.0 Å². The van der Waals surface area contributed by atoms with Gasteiger partial charge in [0, 0.05) is 17.5 Å². The lowest BCUT2D eigenvalue weighted by Crippen LogP contribution is -2.26. The smallest absolute Gasteiger partial charge is 0.272 e. The minimum atomic E-state index is -0.960. The monoisotopic (exact) mass is 478 g/mol. The van der Waals surface area contributed by atoms with Crippen LogP contribution in [0.1, 0.15) is 13.8 Å². The average Bonchev–Trinajstić information content (AvgIpc) is 3.40. The fraction of sp³-hybridized carbons (Fsp3) is 0.200. The molecule has 1 amide bonds. The summed E-state index contributed by atoms with van der Waals surface area (Å²) in [4.78, 5) is 34.1. The Morgan fingerprint density at radius 3 is 2.77 bits per heavy atom. The Hall–Kier alpha value is -2.63. The van der Waals surface area contributed by atoms with E-state index in [0.717, 1.165) is 12.1 Å². The van der Waals surface area contributed by atoms with Gasteiger partial charge < -0.3 is 5.32 Å². The molecule has 0 radical (unpaired) electrons. The van der Waals surface area contributed by atoms with Gasteiger partial charge in [-0.25, -0.2) is 18.7 Å². The highest BCUT2D eigenvalue weighted by Crippen LogP contribution is 2.28. The van der Waals surface area contributed by atoms with Crippen LogP contribution in [0.5, 0.6) is 0 Å². The number of rotatable bonds is 6. The number of carbonyl (C=O) groups is 1. The van der Waals surface area contributed by atoms with Crippen molar-refractivity contribution in [2.75, 3.05) is 5.32 Å². The molecule has 11 heteroatoms. The third-order valence-corrected chi connectivity index (χ3v) is 7.19. The Morgan fingerprint density at radius 2 is 2.03 bits per heavy atom. The number of nitrogens with one attached hydrogen (secondary N) is 1. The maximum Gasteiger partial charge on any atom is 0.272 e. The number of thiazole rings is 1. The van der Waals surface area contributed by atoms with Gasteiger partial charge in [0.1, 0.15) is 4.70 Å². The number of hydrogen-bond donors (Lipinski definition) is 1. The zero-order chi connectivity index (χ0) is 22.1. The number of anilines is 1. The molecule has 0 spiro atoms. The summed E-state index contributed by atoms with van der Waals surface area (Å²) in [6.07, 6.45) is 0. The van der Waals surface area contributed by atoms with Crippen LogP contribution in [0.15, 0.2) is 45.0 Å². The first-order valence-electron chi connectivity index (χ1n) is 9.24. The number of aromatic nitrogens is 3. The molecule has 4 aromatic rings. The zero-order valence-corrected chi connectivity index (χ0v) is 18.8. The number of fused-ring (bicyclic) bond motifs is 1. The molecular formula is C20H16F2N4O2S3. The Kier molecular flexibility index (Phi) is 6.17. The largest absolute Gasteiger partial charge is 0.301 e. The number of amides is 1. The van der Waals surface area contributed by atoms with Crippen molar-refractivity contribution >= 4 is 55.7 Å². The molecule has 1 aromatic carbocycles. The van der Waals surface area contributed by atoms with Crippen LogP contribution >= 0.6 is 34.4 Å². The second kappa shape index (κ2) is 8.85. The van der Waals surface area contributed by atoms with Gasteiger partial charge in [-0.2, -0.15) is 0 Å². The van der Waals surface area contributed by atoms with Gasteiger partial charge in [0.2, 0.25) is 5.91 Å². The Labute approximate surface area is 188 Å². The molecule has 31 heavy (non-hydrogen) atoms. The van der Waals surface area contributed by atoms with Crippen molar-refractivity contribution in [2.45, 2.75) is 30.8 Å². The first-order valence-corrected chi connectivity index (χ1v) is 11.9. The highest BCUT2D eigenvalue weighted by molar-refractivity contribution is 8.00. The van der Waals surface area contributed by atoms with E-state index in [2.05, 4.69) is 15.3 Å². The van der Waals surface area contributed by atoms with E-state index in [1.807, 2.05) is 12.3 Å². The van der Waals surface area contributed by atoms with Crippen molar-refractivity contribution in [1.29, 1.82) is 0 Å². The van der Waals surface area contributed by atoms with Gasteiger partial charge in [0.25, 0.3) is 5.56 Å². The molecule has 1 unspecified atom stereocenters. The summed E-state index contributed by atoms with van der Waals surface area (Å²) in [5.41, 5.74) is 1.35. The summed E-state index contributed by atoms with van der Waals surface area (Å²) < 4.78 is 28.7. The van der Waals surface area contributed by atoms with Gasteiger partial charge in [0.05, 0.1) is 16.5 Å². The summed E-state index contributed by atoms with van der Waals surface area (Å²) in [5.74, 6) is -2.20. The quantitative estimate of drug-likeness (QED) is 0.312. The van der Waals surface area contributed by atoms with E-state index in [4.69, 9.17) is 0 Å². The minimum Gasteiger partial charge on any atom is -0.301 e. The Morgan fingerprint density at radius 1 is 1.23 bits per heavy atom. The van der Waals surface area contributed by atoms with Crippen LogP contribution < -0.4 is 10.9 Å². The van der Waals surface area contributed by atoms with Crippen molar-refractivity contribution in [3.63, 3.8) is 0 Å². The zero-order valence-electron chi connectivity index (χ0n) is 16.4. The lowest BCUT2D eigenvalue weighted by molar-refractivity contribution is -0.115. The minimum absolute atomic E-state index is 0.117. The fourth-order valence-electron chi connectivity index (χ4n) is 2.83. The summed E-state index contributed by atoms with van der Waals surface area (Å²) in [7, 11) is 0. The van der Waals surface area contributed by atoms with Crippen LogP contribution in [-0.2, 0) is 11.3 Å². The molecule has 0 bridgehead atoms. The Balaban J connectivity index is 1.50. The maximum atomic E-state index is 13.5. The first kappa shape index (κ1) is 21.6. The van der Waals surface area contributed by atoms with Gasteiger partial charge in [-0.3, -0.25) is 14.2 Å². The molecule has 1 N–H and O–H groups in total. The Bertz CT molecular complexity index is 1330. The van der Waals surface area contributed by atoms with E-state index in [-0.39, 0.29) is 11.5 Å². The van der Waals surface area contributed by atoms with E-state index in [0.29, 0.717) is 38.3 Å². The summed E-state index contributed by atoms with van der Waals surface area (Å²) in [6.45, 7) is 4.01. The predicted octanol–water partition coefficient (Wildman–Crippen LogP) is 5.00. The van der Waals surface area contributed by atoms with Crippen LogP contribution in [0.3, 0.4) is 0 Å².